The van der Waals surface area contributed by atoms with Crippen LogP contribution in [0.2, 0.25) is 5.02 Å². The highest BCUT2D eigenvalue weighted by Gasteiger charge is 2.12. The third-order valence-electron chi connectivity index (χ3n) is 3.40. The van der Waals surface area contributed by atoms with E-state index in [1.165, 1.54) is 6.07 Å². The predicted molar refractivity (Wildman–Crippen MR) is 89.7 cm³/mol. The molecule has 0 aliphatic heterocycles. The molecule has 0 radical (unpaired) electrons. The second-order valence-corrected chi connectivity index (χ2v) is 5.87. The van der Waals surface area contributed by atoms with E-state index in [1.807, 2.05) is 39.1 Å². The standard InChI is InChI=1S/C17H15ClFN3/c1-9(2)22-16-10(3)4-11(5-15(16)19)14-8-21-17-13(14)6-12(18)7-20-17/h4-8H,1-3H3,(H,20,21). The minimum Gasteiger partial charge on any atom is -0.346 e. The fourth-order valence-electron chi connectivity index (χ4n) is 2.47. The van der Waals surface area contributed by atoms with Gasteiger partial charge in [0.25, 0.3) is 0 Å². The summed E-state index contributed by atoms with van der Waals surface area (Å²) in [5.74, 6) is -0.333. The SMILES string of the molecule is CC(C)=Nc1c(C)cc(-c2c[nH]c3ncc(Cl)cc23)cc1F. The van der Waals surface area contributed by atoms with Crippen LogP contribution in [0.3, 0.4) is 0 Å². The molecule has 22 heavy (non-hydrogen) atoms. The van der Waals surface area contributed by atoms with Gasteiger partial charge in [-0.1, -0.05) is 11.6 Å². The van der Waals surface area contributed by atoms with Gasteiger partial charge >= 0.3 is 0 Å². The molecule has 2 aromatic heterocycles. The number of nitrogens with zero attached hydrogens (tertiary/aromatic N) is 2. The van der Waals surface area contributed by atoms with Gasteiger partial charge in [0.15, 0.2) is 0 Å². The first-order chi connectivity index (χ1) is 10.5. The highest BCUT2D eigenvalue weighted by atomic mass is 35.5. The molecule has 0 unspecified atom stereocenters. The molecule has 0 spiro atoms. The molecule has 3 rings (SSSR count). The van der Waals surface area contributed by atoms with Crippen LogP contribution in [0.15, 0.2) is 35.6 Å². The van der Waals surface area contributed by atoms with Gasteiger partial charge in [0.1, 0.15) is 17.2 Å². The number of pyridine rings is 1. The summed E-state index contributed by atoms with van der Waals surface area (Å²) in [6, 6.07) is 5.25. The molecule has 0 atom stereocenters. The molecule has 0 saturated heterocycles. The Morgan fingerprint density at radius 3 is 2.73 bits per heavy atom. The Bertz CT molecular complexity index is 869. The normalized spacial score (nSPS) is 11.0. The minimum atomic E-state index is -0.333. The van der Waals surface area contributed by atoms with Gasteiger partial charge in [-0.2, -0.15) is 0 Å². The molecule has 0 saturated carbocycles. The van der Waals surface area contributed by atoms with E-state index in [1.54, 1.807) is 6.20 Å². The molecule has 0 amide bonds. The zero-order valence-corrected chi connectivity index (χ0v) is 13.3. The van der Waals surface area contributed by atoms with Gasteiger partial charge in [-0.3, -0.25) is 4.99 Å². The molecule has 1 N–H and O–H groups in total. The molecule has 3 nitrogen and oxygen atoms in total. The molecule has 0 aliphatic rings. The molecular weight excluding hydrogens is 301 g/mol. The van der Waals surface area contributed by atoms with Crippen LogP contribution in [0.1, 0.15) is 19.4 Å². The van der Waals surface area contributed by atoms with Crippen molar-refractivity contribution in [1.29, 1.82) is 0 Å². The van der Waals surface area contributed by atoms with Gasteiger partial charge in [0.2, 0.25) is 0 Å². The maximum absolute atomic E-state index is 14.4. The number of benzene rings is 1. The average molecular weight is 316 g/mol. The summed E-state index contributed by atoms with van der Waals surface area (Å²) in [6.07, 6.45) is 3.40. The molecule has 0 fully saturated rings. The minimum absolute atomic E-state index is 0.333. The van der Waals surface area contributed by atoms with E-state index < -0.39 is 0 Å². The fraction of sp³-hybridized carbons (Fsp3) is 0.176. The molecule has 3 aromatic rings. The Labute approximate surface area is 132 Å². The maximum Gasteiger partial charge on any atom is 0.149 e. The number of hydrogen-bond acceptors (Lipinski definition) is 2. The zero-order valence-electron chi connectivity index (χ0n) is 12.5. The van der Waals surface area contributed by atoms with Gasteiger partial charge in [0.05, 0.1) is 5.02 Å². The summed E-state index contributed by atoms with van der Waals surface area (Å²) >= 11 is 6.01. The number of aromatic amines is 1. The van der Waals surface area contributed by atoms with Crippen LogP contribution in [-0.4, -0.2) is 15.7 Å². The first-order valence-electron chi connectivity index (χ1n) is 6.91. The van der Waals surface area contributed by atoms with Crippen molar-refractivity contribution >= 4 is 34.0 Å². The Balaban J connectivity index is 2.19. The number of rotatable bonds is 2. The second-order valence-electron chi connectivity index (χ2n) is 5.43. The molecule has 0 aliphatic carbocycles. The van der Waals surface area contributed by atoms with Crippen LogP contribution in [0, 0.1) is 12.7 Å². The van der Waals surface area contributed by atoms with Gasteiger partial charge in [-0.05, 0) is 50.1 Å². The zero-order chi connectivity index (χ0) is 15.9. The Morgan fingerprint density at radius 2 is 2.05 bits per heavy atom. The van der Waals surface area contributed by atoms with Crippen molar-refractivity contribution in [3.63, 3.8) is 0 Å². The van der Waals surface area contributed by atoms with Crippen molar-refractivity contribution in [2.24, 2.45) is 4.99 Å². The Kier molecular flexibility index (Phi) is 3.71. The monoisotopic (exact) mass is 315 g/mol. The van der Waals surface area contributed by atoms with Crippen LogP contribution in [0.25, 0.3) is 22.2 Å². The Hall–Kier alpha value is -2.20. The first-order valence-corrected chi connectivity index (χ1v) is 7.28. The van der Waals surface area contributed by atoms with Crippen LogP contribution < -0.4 is 0 Å². The van der Waals surface area contributed by atoms with Crippen molar-refractivity contribution in [1.82, 2.24) is 9.97 Å². The summed E-state index contributed by atoms with van der Waals surface area (Å²) < 4.78 is 14.4. The fourth-order valence-corrected chi connectivity index (χ4v) is 2.63. The molecule has 2 heterocycles. The summed E-state index contributed by atoms with van der Waals surface area (Å²) in [5, 5.41) is 1.42. The van der Waals surface area contributed by atoms with Crippen molar-refractivity contribution in [2.45, 2.75) is 20.8 Å². The number of nitrogens with one attached hydrogen (secondary N) is 1. The van der Waals surface area contributed by atoms with Crippen molar-refractivity contribution in [3.05, 3.63) is 47.0 Å². The summed E-state index contributed by atoms with van der Waals surface area (Å²) in [7, 11) is 0. The van der Waals surface area contributed by atoms with Gasteiger partial charge in [0, 0.05) is 29.1 Å². The van der Waals surface area contributed by atoms with Crippen molar-refractivity contribution < 1.29 is 4.39 Å². The van der Waals surface area contributed by atoms with E-state index in [9.17, 15) is 4.39 Å². The smallest absolute Gasteiger partial charge is 0.149 e. The van der Waals surface area contributed by atoms with Gasteiger partial charge < -0.3 is 4.98 Å². The van der Waals surface area contributed by atoms with Crippen LogP contribution in [0.5, 0.6) is 0 Å². The lowest BCUT2D eigenvalue weighted by molar-refractivity contribution is 0.629. The number of halogens is 2. The van der Waals surface area contributed by atoms with E-state index in [2.05, 4.69) is 15.0 Å². The van der Waals surface area contributed by atoms with Crippen LogP contribution in [0.4, 0.5) is 10.1 Å². The highest BCUT2D eigenvalue weighted by Crippen LogP contribution is 2.34. The van der Waals surface area contributed by atoms with E-state index in [-0.39, 0.29) is 5.82 Å². The van der Waals surface area contributed by atoms with Crippen LogP contribution in [-0.2, 0) is 0 Å². The first kappa shape index (κ1) is 14.7. The summed E-state index contributed by atoms with van der Waals surface area (Å²) in [4.78, 5) is 11.6. The number of H-pyrrole nitrogens is 1. The molecule has 5 heteroatoms. The number of aliphatic imine (C=N–C) groups is 1. The maximum atomic E-state index is 14.4. The molecule has 112 valence electrons. The van der Waals surface area contributed by atoms with E-state index in [4.69, 9.17) is 11.6 Å². The summed E-state index contributed by atoms with van der Waals surface area (Å²) in [6.45, 7) is 5.55. The lowest BCUT2D eigenvalue weighted by Gasteiger charge is -2.07. The quantitative estimate of drug-likeness (QED) is 0.628. The Morgan fingerprint density at radius 1 is 1.27 bits per heavy atom. The third kappa shape index (κ3) is 2.62. The second kappa shape index (κ2) is 5.54. The van der Waals surface area contributed by atoms with Gasteiger partial charge in [-0.15, -0.1) is 0 Å². The van der Waals surface area contributed by atoms with Crippen molar-refractivity contribution in [2.75, 3.05) is 0 Å². The molecular formula is C17H15ClFN3. The van der Waals surface area contributed by atoms with Gasteiger partial charge in [-0.25, -0.2) is 9.37 Å². The lowest BCUT2D eigenvalue weighted by Crippen LogP contribution is -1.88. The molecule has 0 bridgehead atoms. The third-order valence-corrected chi connectivity index (χ3v) is 3.60. The van der Waals surface area contributed by atoms with Crippen molar-refractivity contribution in [3.8, 4) is 11.1 Å². The highest BCUT2D eigenvalue weighted by molar-refractivity contribution is 6.31. The lowest BCUT2D eigenvalue weighted by atomic mass is 10.0. The van der Waals surface area contributed by atoms with E-state index >= 15 is 0 Å². The molecule has 1 aromatic carbocycles. The van der Waals surface area contributed by atoms with E-state index in [0.717, 1.165) is 33.4 Å². The topological polar surface area (TPSA) is 41.0 Å². The van der Waals surface area contributed by atoms with Crippen LogP contribution >= 0.6 is 11.6 Å². The number of aryl methyl sites for hydroxylation is 1. The predicted octanol–water partition coefficient (Wildman–Crippen LogP) is 5.44. The number of aromatic nitrogens is 2. The van der Waals surface area contributed by atoms with E-state index in [0.29, 0.717) is 10.7 Å². The largest absolute Gasteiger partial charge is 0.346 e. The number of hydrogen-bond donors (Lipinski definition) is 1. The average Bonchev–Trinajstić information content (AvgIpc) is 2.85. The number of fused-ring (bicyclic) bond motifs is 1. The summed E-state index contributed by atoms with van der Waals surface area (Å²) in [5.41, 5.74) is 4.37.